The zero-order chi connectivity index (χ0) is 15.5. The molecule has 1 unspecified atom stereocenters. The second kappa shape index (κ2) is 6.29. The largest absolute Gasteiger partial charge is 0.289 e. The summed E-state index contributed by atoms with van der Waals surface area (Å²) in [5.74, 6) is -0.493. The van der Waals surface area contributed by atoms with Crippen LogP contribution in [0.5, 0.6) is 0 Å². The molecule has 1 aromatic heterocycles. The fraction of sp³-hybridized carbons (Fsp3) is 0.125. The van der Waals surface area contributed by atoms with Crippen LogP contribution >= 0.6 is 15.9 Å². The first-order valence-electron chi connectivity index (χ1n) is 6.80. The van der Waals surface area contributed by atoms with Crippen molar-refractivity contribution in [3.63, 3.8) is 0 Å². The van der Waals surface area contributed by atoms with Gasteiger partial charge in [0.1, 0.15) is 11.6 Å². The van der Waals surface area contributed by atoms with Gasteiger partial charge in [0.05, 0.1) is 0 Å². The number of carbonyl (C=O) groups is 1. The number of carbonyl (C=O) groups excluding carboxylic acids is 1. The monoisotopic (exact) mass is 359 g/mol. The molecule has 5 nitrogen and oxygen atoms in total. The number of hydrogen-bond acceptors (Lipinski definition) is 3. The summed E-state index contributed by atoms with van der Waals surface area (Å²) in [4.78, 5) is 12.0. The van der Waals surface area contributed by atoms with Crippen LogP contribution in [0.4, 0.5) is 0 Å². The van der Waals surface area contributed by atoms with Crippen molar-refractivity contribution in [2.45, 2.75) is 12.5 Å². The summed E-state index contributed by atoms with van der Waals surface area (Å²) >= 11 is 3.45. The molecule has 1 amide bonds. The van der Waals surface area contributed by atoms with E-state index in [1.807, 2.05) is 54.7 Å². The SMILES string of the molecule is O=C(NO)C(Cc1ccccc1)n1cc2cccc(Br)c2n1. The van der Waals surface area contributed by atoms with E-state index in [0.29, 0.717) is 6.42 Å². The Bertz CT molecular complexity index is 802. The second-order valence-corrected chi connectivity index (χ2v) is 5.82. The van der Waals surface area contributed by atoms with Gasteiger partial charge in [-0.1, -0.05) is 42.5 Å². The highest BCUT2D eigenvalue weighted by molar-refractivity contribution is 9.10. The highest BCUT2D eigenvalue weighted by atomic mass is 79.9. The molecule has 0 aliphatic carbocycles. The minimum atomic E-state index is -0.619. The average molecular weight is 360 g/mol. The number of halogens is 1. The van der Waals surface area contributed by atoms with Crippen LogP contribution in [-0.2, 0) is 11.2 Å². The van der Waals surface area contributed by atoms with E-state index in [1.165, 1.54) is 0 Å². The summed E-state index contributed by atoms with van der Waals surface area (Å²) in [7, 11) is 0. The fourth-order valence-corrected chi connectivity index (χ4v) is 2.87. The zero-order valence-corrected chi connectivity index (χ0v) is 13.2. The first kappa shape index (κ1) is 14.7. The Hall–Kier alpha value is -2.18. The lowest BCUT2D eigenvalue weighted by molar-refractivity contribution is -0.132. The molecule has 0 aliphatic heterocycles. The highest BCUT2D eigenvalue weighted by Crippen LogP contribution is 2.24. The molecule has 0 bridgehead atoms. The van der Waals surface area contributed by atoms with Gasteiger partial charge in [0.15, 0.2) is 0 Å². The summed E-state index contributed by atoms with van der Waals surface area (Å²) in [5, 5.41) is 14.4. The highest BCUT2D eigenvalue weighted by Gasteiger charge is 2.22. The number of hydroxylamine groups is 1. The van der Waals surface area contributed by atoms with Gasteiger partial charge in [-0.15, -0.1) is 0 Å². The van der Waals surface area contributed by atoms with Crippen molar-refractivity contribution in [3.8, 4) is 0 Å². The summed E-state index contributed by atoms with van der Waals surface area (Å²) in [6.07, 6.45) is 2.25. The first-order chi connectivity index (χ1) is 10.7. The minimum Gasteiger partial charge on any atom is -0.289 e. The van der Waals surface area contributed by atoms with Crippen LogP contribution in [0.2, 0.25) is 0 Å². The van der Waals surface area contributed by atoms with Crippen molar-refractivity contribution in [3.05, 3.63) is 64.8 Å². The Morgan fingerprint density at radius 2 is 2.00 bits per heavy atom. The molecule has 2 aromatic carbocycles. The lowest BCUT2D eigenvalue weighted by Crippen LogP contribution is -2.32. The number of nitrogens with zero attached hydrogens (tertiary/aromatic N) is 2. The Labute approximate surface area is 135 Å². The number of benzene rings is 2. The molecule has 0 aliphatic rings. The molecule has 0 saturated heterocycles. The van der Waals surface area contributed by atoms with Crippen molar-refractivity contribution in [2.24, 2.45) is 0 Å². The summed E-state index contributed by atoms with van der Waals surface area (Å²) in [5.41, 5.74) is 3.51. The van der Waals surface area contributed by atoms with Gasteiger partial charge in [-0.3, -0.25) is 14.7 Å². The molecule has 22 heavy (non-hydrogen) atoms. The van der Waals surface area contributed by atoms with Crippen LogP contribution in [0.3, 0.4) is 0 Å². The number of aromatic nitrogens is 2. The number of fused-ring (bicyclic) bond motifs is 1. The van der Waals surface area contributed by atoms with Crippen molar-refractivity contribution < 1.29 is 10.0 Å². The van der Waals surface area contributed by atoms with Gasteiger partial charge in [0.25, 0.3) is 5.91 Å². The Morgan fingerprint density at radius 3 is 2.68 bits per heavy atom. The molecule has 0 spiro atoms. The van der Waals surface area contributed by atoms with E-state index in [1.54, 1.807) is 10.2 Å². The first-order valence-corrected chi connectivity index (χ1v) is 7.59. The molecular formula is C16H14BrN3O2. The van der Waals surface area contributed by atoms with Gasteiger partial charge in [-0.25, -0.2) is 5.48 Å². The molecule has 2 N–H and O–H groups in total. The van der Waals surface area contributed by atoms with Gasteiger partial charge in [-0.2, -0.15) is 5.10 Å². The van der Waals surface area contributed by atoms with Gasteiger partial charge in [0.2, 0.25) is 0 Å². The van der Waals surface area contributed by atoms with Crippen molar-refractivity contribution in [2.75, 3.05) is 0 Å². The van der Waals surface area contributed by atoms with Gasteiger partial charge in [-0.05, 0) is 27.6 Å². The summed E-state index contributed by atoms with van der Waals surface area (Å²) < 4.78 is 2.46. The van der Waals surface area contributed by atoms with Gasteiger partial charge < -0.3 is 0 Å². The zero-order valence-electron chi connectivity index (χ0n) is 11.6. The predicted octanol–water partition coefficient (Wildman–Crippen LogP) is 3.09. The normalized spacial score (nSPS) is 12.3. The van der Waals surface area contributed by atoms with Crippen LogP contribution in [0.25, 0.3) is 10.9 Å². The third-order valence-corrected chi connectivity index (χ3v) is 4.15. The van der Waals surface area contributed by atoms with E-state index in [9.17, 15) is 4.79 Å². The fourth-order valence-electron chi connectivity index (χ4n) is 2.41. The lowest BCUT2D eigenvalue weighted by atomic mass is 10.1. The Balaban J connectivity index is 2.00. The maximum absolute atomic E-state index is 12.0. The molecule has 6 heteroatoms. The van der Waals surface area contributed by atoms with E-state index < -0.39 is 11.9 Å². The molecule has 0 radical (unpaired) electrons. The van der Waals surface area contributed by atoms with Crippen LogP contribution < -0.4 is 5.48 Å². The third kappa shape index (κ3) is 2.88. The molecule has 112 valence electrons. The quantitative estimate of drug-likeness (QED) is 0.555. The second-order valence-electron chi connectivity index (χ2n) is 4.97. The number of hydrogen-bond donors (Lipinski definition) is 2. The molecule has 0 fully saturated rings. The molecule has 0 saturated carbocycles. The smallest absolute Gasteiger partial charge is 0.268 e. The number of amides is 1. The van der Waals surface area contributed by atoms with Crippen LogP contribution in [-0.4, -0.2) is 20.9 Å². The summed E-state index contributed by atoms with van der Waals surface area (Å²) in [6.45, 7) is 0. The number of rotatable bonds is 4. The molecule has 1 heterocycles. The minimum absolute atomic E-state index is 0.443. The summed E-state index contributed by atoms with van der Waals surface area (Å²) in [6, 6.07) is 14.8. The Morgan fingerprint density at radius 1 is 1.23 bits per heavy atom. The van der Waals surface area contributed by atoms with Crippen molar-refractivity contribution in [1.82, 2.24) is 15.3 Å². The lowest BCUT2D eigenvalue weighted by Gasteiger charge is -2.15. The molecule has 3 rings (SSSR count). The topological polar surface area (TPSA) is 67.2 Å². The predicted molar refractivity (Wildman–Crippen MR) is 86.5 cm³/mol. The van der Waals surface area contributed by atoms with Crippen LogP contribution in [0.1, 0.15) is 11.6 Å². The maximum atomic E-state index is 12.0. The van der Waals surface area contributed by atoms with Gasteiger partial charge >= 0.3 is 0 Å². The van der Waals surface area contributed by atoms with Crippen molar-refractivity contribution >= 4 is 32.7 Å². The van der Waals surface area contributed by atoms with Crippen LogP contribution in [0, 0.1) is 0 Å². The van der Waals surface area contributed by atoms with E-state index in [-0.39, 0.29) is 0 Å². The van der Waals surface area contributed by atoms with E-state index in [0.717, 1.165) is 20.9 Å². The maximum Gasteiger partial charge on any atom is 0.268 e. The number of nitrogens with one attached hydrogen (secondary N) is 1. The molecule has 1 atom stereocenters. The van der Waals surface area contributed by atoms with Gasteiger partial charge in [0, 0.05) is 22.5 Å². The van der Waals surface area contributed by atoms with E-state index in [4.69, 9.17) is 5.21 Å². The third-order valence-electron chi connectivity index (χ3n) is 3.51. The molecule has 3 aromatic rings. The van der Waals surface area contributed by atoms with Crippen LogP contribution in [0.15, 0.2) is 59.2 Å². The Kier molecular flexibility index (Phi) is 4.22. The van der Waals surface area contributed by atoms with E-state index >= 15 is 0 Å². The van der Waals surface area contributed by atoms with E-state index in [2.05, 4.69) is 21.0 Å². The standard InChI is InChI=1S/C16H14BrN3O2/c17-13-8-4-7-12-10-20(18-15(12)13)14(16(21)19-22)9-11-5-2-1-3-6-11/h1-8,10,14,22H,9H2,(H,19,21). The molecular weight excluding hydrogens is 346 g/mol. The average Bonchev–Trinajstić information content (AvgIpc) is 2.98. The van der Waals surface area contributed by atoms with Crippen molar-refractivity contribution in [1.29, 1.82) is 0 Å².